The topological polar surface area (TPSA) is 29.5 Å². The van der Waals surface area contributed by atoms with E-state index in [0.717, 1.165) is 18.4 Å². The molecular weight excluding hydrogens is 212 g/mol. The van der Waals surface area contributed by atoms with Crippen LogP contribution in [0.3, 0.4) is 0 Å². The second-order valence-electron chi connectivity index (χ2n) is 5.52. The minimum Gasteiger partial charge on any atom is -0.388 e. The van der Waals surface area contributed by atoms with Gasteiger partial charge in [0, 0.05) is 13.7 Å². The SMILES string of the molecule is COCCCC(O)c1ccc(C(C)(C)C)cc1. The van der Waals surface area contributed by atoms with Crippen molar-refractivity contribution >= 4 is 0 Å². The van der Waals surface area contributed by atoms with E-state index in [4.69, 9.17) is 4.74 Å². The van der Waals surface area contributed by atoms with Crippen molar-refractivity contribution in [2.75, 3.05) is 13.7 Å². The first-order valence-electron chi connectivity index (χ1n) is 6.22. The summed E-state index contributed by atoms with van der Waals surface area (Å²) in [5.74, 6) is 0. The number of hydrogen-bond acceptors (Lipinski definition) is 2. The highest BCUT2D eigenvalue weighted by Gasteiger charge is 2.14. The van der Waals surface area contributed by atoms with Crippen LogP contribution in [-0.2, 0) is 10.2 Å². The van der Waals surface area contributed by atoms with E-state index in [0.29, 0.717) is 6.61 Å². The molecule has 0 aliphatic heterocycles. The summed E-state index contributed by atoms with van der Waals surface area (Å²) in [4.78, 5) is 0. The quantitative estimate of drug-likeness (QED) is 0.793. The summed E-state index contributed by atoms with van der Waals surface area (Å²) < 4.78 is 4.98. The molecule has 0 bridgehead atoms. The van der Waals surface area contributed by atoms with Crippen molar-refractivity contribution in [3.8, 4) is 0 Å². The smallest absolute Gasteiger partial charge is 0.0790 e. The first kappa shape index (κ1) is 14.2. The monoisotopic (exact) mass is 236 g/mol. The van der Waals surface area contributed by atoms with Gasteiger partial charge in [-0.2, -0.15) is 0 Å². The molecule has 1 rings (SSSR count). The predicted molar refractivity (Wildman–Crippen MR) is 71.2 cm³/mol. The Kier molecular flexibility index (Phi) is 5.16. The Balaban J connectivity index is 2.61. The molecule has 1 aromatic carbocycles. The van der Waals surface area contributed by atoms with E-state index in [9.17, 15) is 5.11 Å². The third-order valence-electron chi connectivity index (χ3n) is 2.99. The summed E-state index contributed by atoms with van der Waals surface area (Å²) in [6.45, 7) is 7.28. The molecular formula is C15H24O2. The molecule has 0 fully saturated rings. The van der Waals surface area contributed by atoms with E-state index in [1.54, 1.807) is 7.11 Å². The summed E-state index contributed by atoms with van der Waals surface area (Å²) in [6.07, 6.45) is 1.26. The third-order valence-corrected chi connectivity index (χ3v) is 2.99. The van der Waals surface area contributed by atoms with Crippen LogP contribution in [0.15, 0.2) is 24.3 Å². The largest absolute Gasteiger partial charge is 0.388 e. The maximum absolute atomic E-state index is 9.99. The van der Waals surface area contributed by atoms with Gasteiger partial charge >= 0.3 is 0 Å². The van der Waals surface area contributed by atoms with Crippen molar-refractivity contribution in [3.05, 3.63) is 35.4 Å². The molecule has 1 unspecified atom stereocenters. The third kappa shape index (κ3) is 4.49. The van der Waals surface area contributed by atoms with Crippen LogP contribution in [0, 0.1) is 0 Å². The normalized spacial score (nSPS) is 13.7. The van der Waals surface area contributed by atoms with Crippen LogP contribution in [0.4, 0.5) is 0 Å². The Hall–Kier alpha value is -0.860. The zero-order valence-corrected chi connectivity index (χ0v) is 11.4. The lowest BCUT2D eigenvalue weighted by atomic mass is 9.86. The molecule has 0 radical (unpaired) electrons. The van der Waals surface area contributed by atoms with E-state index in [-0.39, 0.29) is 11.5 Å². The second-order valence-corrected chi connectivity index (χ2v) is 5.52. The summed E-state index contributed by atoms with van der Waals surface area (Å²) in [7, 11) is 1.69. The fraction of sp³-hybridized carbons (Fsp3) is 0.600. The number of hydrogen-bond donors (Lipinski definition) is 1. The van der Waals surface area contributed by atoms with Crippen molar-refractivity contribution in [1.29, 1.82) is 0 Å². The van der Waals surface area contributed by atoms with Crippen molar-refractivity contribution in [2.24, 2.45) is 0 Å². The molecule has 0 saturated carbocycles. The van der Waals surface area contributed by atoms with Crippen LogP contribution in [0.25, 0.3) is 0 Å². The van der Waals surface area contributed by atoms with Crippen LogP contribution in [0.5, 0.6) is 0 Å². The van der Waals surface area contributed by atoms with Crippen molar-refractivity contribution in [1.82, 2.24) is 0 Å². The van der Waals surface area contributed by atoms with Gasteiger partial charge in [-0.25, -0.2) is 0 Å². The van der Waals surface area contributed by atoms with Crippen LogP contribution in [-0.4, -0.2) is 18.8 Å². The Morgan fingerprint density at radius 2 is 1.76 bits per heavy atom. The minimum atomic E-state index is -0.376. The molecule has 0 aromatic heterocycles. The van der Waals surface area contributed by atoms with E-state index in [2.05, 4.69) is 32.9 Å². The molecule has 0 aliphatic rings. The van der Waals surface area contributed by atoms with Crippen molar-refractivity contribution in [2.45, 2.75) is 45.1 Å². The summed E-state index contributed by atoms with van der Waals surface area (Å²) >= 11 is 0. The fourth-order valence-electron chi connectivity index (χ4n) is 1.79. The van der Waals surface area contributed by atoms with Gasteiger partial charge in [0.1, 0.15) is 0 Å². The van der Waals surface area contributed by atoms with E-state index < -0.39 is 0 Å². The average molecular weight is 236 g/mol. The number of rotatable bonds is 5. The maximum atomic E-state index is 9.99. The first-order chi connectivity index (χ1) is 7.95. The standard InChI is InChI=1S/C15H24O2/c1-15(2,3)13-9-7-12(8-10-13)14(16)6-5-11-17-4/h7-10,14,16H,5-6,11H2,1-4H3. The van der Waals surface area contributed by atoms with Gasteiger partial charge in [0.15, 0.2) is 0 Å². The van der Waals surface area contributed by atoms with Gasteiger partial charge < -0.3 is 9.84 Å². The molecule has 0 amide bonds. The summed E-state index contributed by atoms with van der Waals surface area (Å²) in [5, 5.41) is 9.99. The molecule has 0 heterocycles. The number of methoxy groups -OCH3 is 1. The number of benzene rings is 1. The number of aliphatic hydroxyl groups excluding tert-OH is 1. The molecule has 1 N–H and O–H groups in total. The molecule has 1 aromatic rings. The van der Waals surface area contributed by atoms with Crippen LogP contribution in [0.1, 0.15) is 50.8 Å². The van der Waals surface area contributed by atoms with Gasteiger partial charge in [0.2, 0.25) is 0 Å². The Morgan fingerprint density at radius 3 is 2.24 bits per heavy atom. The zero-order valence-electron chi connectivity index (χ0n) is 11.4. The molecule has 0 spiro atoms. The molecule has 2 heteroatoms. The lowest BCUT2D eigenvalue weighted by Crippen LogP contribution is -2.11. The Morgan fingerprint density at radius 1 is 1.18 bits per heavy atom. The van der Waals surface area contributed by atoms with Crippen molar-refractivity contribution in [3.63, 3.8) is 0 Å². The van der Waals surface area contributed by atoms with Crippen molar-refractivity contribution < 1.29 is 9.84 Å². The highest BCUT2D eigenvalue weighted by molar-refractivity contribution is 5.28. The second kappa shape index (κ2) is 6.18. The van der Waals surface area contributed by atoms with Crippen LogP contribution >= 0.6 is 0 Å². The van der Waals surface area contributed by atoms with E-state index in [1.165, 1.54) is 5.56 Å². The van der Waals surface area contributed by atoms with E-state index >= 15 is 0 Å². The molecule has 0 saturated heterocycles. The van der Waals surface area contributed by atoms with Crippen LogP contribution in [0.2, 0.25) is 0 Å². The first-order valence-corrected chi connectivity index (χ1v) is 6.22. The highest BCUT2D eigenvalue weighted by atomic mass is 16.5. The van der Waals surface area contributed by atoms with Gasteiger partial charge in [-0.05, 0) is 29.4 Å². The Bertz CT molecular complexity index is 322. The average Bonchev–Trinajstić information content (AvgIpc) is 2.28. The van der Waals surface area contributed by atoms with E-state index in [1.807, 2.05) is 12.1 Å². The molecule has 17 heavy (non-hydrogen) atoms. The van der Waals surface area contributed by atoms with Gasteiger partial charge in [0.25, 0.3) is 0 Å². The molecule has 1 atom stereocenters. The highest BCUT2D eigenvalue weighted by Crippen LogP contribution is 2.25. The molecule has 0 aliphatic carbocycles. The number of aliphatic hydroxyl groups is 1. The van der Waals surface area contributed by atoms with Gasteiger partial charge in [-0.3, -0.25) is 0 Å². The lowest BCUT2D eigenvalue weighted by molar-refractivity contribution is 0.136. The predicted octanol–water partition coefficient (Wildman–Crippen LogP) is 3.44. The lowest BCUT2D eigenvalue weighted by Gasteiger charge is -2.20. The van der Waals surface area contributed by atoms with Crippen LogP contribution < -0.4 is 0 Å². The molecule has 2 nitrogen and oxygen atoms in total. The summed E-state index contributed by atoms with van der Waals surface area (Å²) in [5.41, 5.74) is 2.46. The van der Waals surface area contributed by atoms with Gasteiger partial charge in [-0.15, -0.1) is 0 Å². The number of ether oxygens (including phenoxy) is 1. The summed E-state index contributed by atoms with van der Waals surface area (Å²) in [6, 6.07) is 8.26. The minimum absolute atomic E-state index is 0.166. The fourth-order valence-corrected chi connectivity index (χ4v) is 1.79. The van der Waals surface area contributed by atoms with Gasteiger partial charge in [-0.1, -0.05) is 45.0 Å². The zero-order chi connectivity index (χ0) is 12.9. The van der Waals surface area contributed by atoms with Gasteiger partial charge in [0.05, 0.1) is 6.10 Å². The Labute approximate surface area is 105 Å². The maximum Gasteiger partial charge on any atom is 0.0790 e. The molecule has 96 valence electrons.